The molecule has 0 aromatic heterocycles. The van der Waals surface area contributed by atoms with Crippen molar-refractivity contribution in [2.75, 3.05) is 0 Å². The largest absolute Gasteiger partial charge is 0.459 e. The van der Waals surface area contributed by atoms with E-state index in [1.165, 1.54) is 0 Å². The Kier molecular flexibility index (Phi) is 3.86. The molecular formula is C6HF11O4S2. The Balaban J connectivity index is 3.87. The van der Waals surface area contributed by atoms with Crippen LogP contribution in [0.25, 0.3) is 0 Å². The van der Waals surface area contributed by atoms with E-state index in [9.17, 15) is 65.1 Å². The Morgan fingerprint density at radius 1 is 0.652 bits per heavy atom. The number of hydrogen-bond acceptors (Lipinski definition) is 4. The van der Waals surface area contributed by atoms with E-state index in [0.29, 0.717) is 0 Å². The Morgan fingerprint density at radius 3 is 1.13 bits per heavy atom. The highest BCUT2D eigenvalue weighted by Crippen LogP contribution is 2.60. The molecule has 0 aromatic rings. The molecule has 0 saturated carbocycles. The first-order valence-corrected chi connectivity index (χ1v) is 7.76. The summed E-state index contributed by atoms with van der Waals surface area (Å²) >= 11 is 0. The second-order valence-corrected chi connectivity index (χ2v) is 8.60. The lowest BCUT2D eigenvalue weighted by atomic mass is 10.2. The Morgan fingerprint density at radius 2 is 0.913 bits per heavy atom. The normalized spacial score (nSPS) is 27.1. The van der Waals surface area contributed by atoms with Gasteiger partial charge in [0.2, 0.25) is 24.3 Å². The highest BCUT2D eigenvalue weighted by molar-refractivity contribution is 8.13. The molecule has 0 bridgehead atoms. The van der Waals surface area contributed by atoms with Crippen LogP contribution in [0.15, 0.2) is 0 Å². The van der Waals surface area contributed by atoms with Gasteiger partial charge in [0, 0.05) is 0 Å². The van der Waals surface area contributed by atoms with Crippen molar-refractivity contribution in [3.63, 3.8) is 0 Å². The van der Waals surface area contributed by atoms with Crippen molar-refractivity contribution in [1.82, 2.24) is 0 Å². The molecule has 4 nitrogen and oxygen atoms in total. The van der Waals surface area contributed by atoms with Crippen molar-refractivity contribution in [2.24, 2.45) is 0 Å². The summed E-state index contributed by atoms with van der Waals surface area (Å²) in [6.07, 6.45) is -7.32. The average Bonchev–Trinajstić information content (AvgIpc) is 2.30. The van der Waals surface area contributed by atoms with Crippen molar-refractivity contribution in [3.8, 4) is 0 Å². The lowest BCUT2D eigenvalue weighted by molar-refractivity contribution is -0.350. The van der Waals surface area contributed by atoms with Gasteiger partial charge >= 0.3 is 28.5 Å². The Bertz CT molecular complexity index is 672. The quantitative estimate of drug-likeness (QED) is 0.655. The van der Waals surface area contributed by atoms with Crippen LogP contribution in [0.1, 0.15) is 0 Å². The van der Waals surface area contributed by atoms with Crippen LogP contribution in [0, 0.1) is 0 Å². The minimum atomic E-state index is -7.68. The molecule has 0 atom stereocenters. The second-order valence-electron chi connectivity index (χ2n) is 4.15. The van der Waals surface area contributed by atoms with Crippen molar-refractivity contribution >= 4 is 19.7 Å². The van der Waals surface area contributed by atoms with Crippen LogP contribution in [0.5, 0.6) is 0 Å². The lowest BCUT2D eigenvalue weighted by Crippen LogP contribution is -2.61. The summed E-state index contributed by atoms with van der Waals surface area (Å²) in [5.74, 6) is -14.9. The minimum absolute atomic E-state index is 5.70. The van der Waals surface area contributed by atoms with Crippen molar-refractivity contribution in [3.05, 3.63) is 0 Å². The molecule has 1 heterocycles. The van der Waals surface area contributed by atoms with E-state index in [4.69, 9.17) is 0 Å². The van der Waals surface area contributed by atoms with E-state index >= 15 is 0 Å². The maximum absolute atomic E-state index is 13.2. The Labute approximate surface area is 119 Å². The van der Waals surface area contributed by atoms with Crippen molar-refractivity contribution in [1.29, 1.82) is 0 Å². The van der Waals surface area contributed by atoms with Gasteiger partial charge in [-0.05, 0) is 0 Å². The fourth-order valence-electron chi connectivity index (χ4n) is 1.49. The van der Waals surface area contributed by atoms with E-state index in [2.05, 4.69) is 0 Å². The molecule has 17 heteroatoms. The molecule has 1 rings (SSSR count). The van der Waals surface area contributed by atoms with Gasteiger partial charge < -0.3 is 0 Å². The van der Waals surface area contributed by atoms with Gasteiger partial charge in [0.15, 0.2) is 0 Å². The monoisotopic (exact) mass is 410 g/mol. The summed E-state index contributed by atoms with van der Waals surface area (Å²) in [5, 5.41) is -13.7. The summed E-state index contributed by atoms with van der Waals surface area (Å²) in [7, 11) is -15.4. The number of rotatable bonds is 2. The van der Waals surface area contributed by atoms with Crippen LogP contribution in [-0.2, 0) is 19.7 Å². The number of sulfone groups is 2. The third kappa shape index (κ3) is 2.00. The topological polar surface area (TPSA) is 68.3 Å². The van der Waals surface area contributed by atoms with Crippen LogP contribution in [0.2, 0.25) is 0 Å². The molecule has 0 amide bonds. The molecule has 0 spiro atoms. The zero-order valence-electron chi connectivity index (χ0n) is 9.68. The third-order valence-corrected chi connectivity index (χ3v) is 8.00. The summed E-state index contributed by atoms with van der Waals surface area (Å²) in [5.41, 5.74) is 0. The van der Waals surface area contributed by atoms with Gasteiger partial charge in [-0.1, -0.05) is 0 Å². The first-order valence-electron chi connectivity index (χ1n) is 4.66. The minimum Gasteiger partial charge on any atom is -0.221 e. The molecule has 1 aliphatic heterocycles. The molecule has 0 aromatic carbocycles. The van der Waals surface area contributed by atoms with Gasteiger partial charge in [0.1, 0.15) is 0 Å². The van der Waals surface area contributed by atoms with Gasteiger partial charge in [-0.15, -0.1) is 0 Å². The van der Waals surface area contributed by atoms with Crippen LogP contribution >= 0.6 is 0 Å². The first-order chi connectivity index (χ1) is 9.62. The maximum atomic E-state index is 13.2. The predicted octanol–water partition coefficient (Wildman–Crippen LogP) is 2.17. The zero-order valence-corrected chi connectivity index (χ0v) is 11.3. The van der Waals surface area contributed by atoms with Gasteiger partial charge in [-0.25, -0.2) is 16.8 Å². The molecule has 23 heavy (non-hydrogen) atoms. The van der Waals surface area contributed by atoms with Gasteiger partial charge in [0.25, 0.3) is 0 Å². The second kappa shape index (κ2) is 4.40. The maximum Gasteiger partial charge on any atom is 0.459 e. The molecule has 1 saturated heterocycles. The smallest absolute Gasteiger partial charge is 0.221 e. The average molecular weight is 410 g/mol. The molecule has 0 aliphatic carbocycles. The fourth-order valence-corrected chi connectivity index (χ4v) is 6.53. The number of halogens is 11. The fraction of sp³-hybridized carbons (Fsp3) is 1.00. The van der Waals surface area contributed by atoms with E-state index in [-0.39, 0.29) is 0 Å². The zero-order chi connectivity index (χ0) is 19.1. The van der Waals surface area contributed by atoms with Crippen molar-refractivity contribution < 1.29 is 65.1 Å². The van der Waals surface area contributed by atoms with Gasteiger partial charge in [0.05, 0.1) is 0 Å². The first kappa shape index (κ1) is 20.2. The van der Waals surface area contributed by atoms with Crippen LogP contribution in [0.3, 0.4) is 0 Å². The van der Waals surface area contributed by atoms with Gasteiger partial charge in [-0.2, -0.15) is 48.3 Å². The van der Waals surface area contributed by atoms with E-state index in [1.807, 2.05) is 0 Å². The number of hydrogen-bond donors (Lipinski definition) is 0. The van der Waals surface area contributed by atoms with Crippen LogP contribution in [-0.4, -0.2) is 49.9 Å². The molecular weight excluding hydrogens is 409 g/mol. The van der Waals surface area contributed by atoms with E-state index < -0.39 is 52.8 Å². The standard InChI is InChI=1S/C6HF11O4S2/c7-2(8,3(9,10)4(11,12)13)1-22(18,19)5(14,15)6(16,17)23(1,20)21/h1H. The number of alkyl halides is 11. The van der Waals surface area contributed by atoms with Crippen molar-refractivity contribution in [2.45, 2.75) is 33.1 Å². The summed E-state index contributed by atoms with van der Waals surface area (Å²) in [6, 6.07) is 0. The highest BCUT2D eigenvalue weighted by atomic mass is 32.3. The molecule has 1 aliphatic rings. The predicted molar refractivity (Wildman–Crippen MR) is 47.5 cm³/mol. The van der Waals surface area contributed by atoms with E-state index in [0.717, 1.165) is 0 Å². The van der Waals surface area contributed by atoms with Gasteiger partial charge in [-0.3, -0.25) is 0 Å². The molecule has 1 fully saturated rings. The third-order valence-electron chi connectivity index (χ3n) is 2.69. The molecule has 0 radical (unpaired) electrons. The molecule has 0 unspecified atom stereocenters. The van der Waals surface area contributed by atoms with Crippen LogP contribution in [0.4, 0.5) is 48.3 Å². The highest BCUT2D eigenvalue weighted by Gasteiger charge is 2.92. The summed E-state index contributed by atoms with van der Waals surface area (Å²) in [6.45, 7) is 0. The lowest BCUT2D eigenvalue weighted by Gasteiger charge is -2.30. The Hall–Kier alpha value is -0.870. The molecule has 138 valence electrons. The van der Waals surface area contributed by atoms with E-state index in [1.54, 1.807) is 0 Å². The molecule has 0 N–H and O–H groups in total. The van der Waals surface area contributed by atoms with Crippen LogP contribution < -0.4 is 0 Å². The summed E-state index contributed by atoms with van der Waals surface area (Å²) < 4.78 is 177. The summed E-state index contributed by atoms with van der Waals surface area (Å²) in [4.78, 5) is 0. The SMILES string of the molecule is O=S1(=O)C(C(F)(F)C(F)(F)C(F)(F)F)S(=O)(=O)C(F)(F)C1(F)F.